The molecule has 2 N–H and O–H groups in total. The summed E-state index contributed by atoms with van der Waals surface area (Å²) in [6.07, 6.45) is 7.50. The lowest BCUT2D eigenvalue weighted by molar-refractivity contribution is 0.639. The zero-order chi connectivity index (χ0) is 14.7. The zero-order valence-electron chi connectivity index (χ0n) is 12.6. The molecule has 4 nitrogen and oxygen atoms in total. The highest BCUT2D eigenvalue weighted by Crippen LogP contribution is 2.40. The van der Waals surface area contributed by atoms with Gasteiger partial charge in [-0.1, -0.05) is 25.0 Å². The summed E-state index contributed by atoms with van der Waals surface area (Å²) in [6, 6.07) is 8.16. The summed E-state index contributed by atoms with van der Waals surface area (Å²) in [5.74, 6) is 1.60. The molecule has 0 spiro atoms. The van der Waals surface area contributed by atoms with Gasteiger partial charge in [-0.25, -0.2) is 4.98 Å². The highest BCUT2D eigenvalue weighted by atomic mass is 32.2. The van der Waals surface area contributed by atoms with Crippen LogP contribution < -0.4 is 10.6 Å². The molecule has 5 heteroatoms. The number of nitrogens with zero attached hydrogens (tertiary/aromatic N) is 2. The van der Waals surface area contributed by atoms with Gasteiger partial charge in [0.2, 0.25) is 5.95 Å². The van der Waals surface area contributed by atoms with Gasteiger partial charge in [0.15, 0.2) is 0 Å². The van der Waals surface area contributed by atoms with Crippen molar-refractivity contribution in [3.8, 4) is 0 Å². The normalized spacial score (nSPS) is 17.0. The van der Waals surface area contributed by atoms with Crippen LogP contribution in [0.3, 0.4) is 0 Å². The first-order valence-corrected chi connectivity index (χ1v) is 8.72. The summed E-state index contributed by atoms with van der Waals surface area (Å²) in [7, 11) is 1.86. The third kappa shape index (κ3) is 2.93. The summed E-state index contributed by atoms with van der Waals surface area (Å²) in [4.78, 5) is 9.11. The van der Waals surface area contributed by atoms with Crippen molar-refractivity contribution in [2.75, 3.05) is 30.5 Å². The van der Waals surface area contributed by atoms with Crippen molar-refractivity contribution in [3.63, 3.8) is 0 Å². The van der Waals surface area contributed by atoms with Crippen molar-refractivity contribution in [2.45, 2.75) is 30.4 Å². The predicted molar refractivity (Wildman–Crippen MR) is 92.3 cm³/mol. The molecule has 21 heavy (non-hydrogen) atoms. The molecule has 0 amide bonds. The zero-order valence-corrected chi connectivity index (χ0v) is 13.5. The van der Waals surface area contributed by atoms with Gasteiger partial charge in [0.1, 0.15) is 5.82 Å². The third-order valence-corrected chi connectivity index (χ3v) is 5.77. The van der Waals surface area contributed by atoms with Crippen LogP contribution in [0.15, 0.2) is 24.3 Å². The Bertz CT molecular complexity index is 623. The summed E-state index contributed by atoms with van der Waals surface area (Å²) >= 11 is 1.99. The van der Waals surface area contributed by atoms with Crippen LogP contribution in [0, 0.1) is 0 Å². The maximum absolute atomic E-state index is 4.60. The number of hydrogen-bond acceptors (Lipinski definition) is 5. The number of thioether (sulfide) groups is 1. The van der Waals surface area contributed by atoms with Crippen molar-refractivity contribution in [3.05, 3.63) is 24.3 Å². The van der Waals surface area contributed by atoms with E-state index in [9.17, 15) is 0 Å². The van der Waals surface area contributed by atoms with Gasteiger partial charge in [-0.3, -0.25) is 0 Å². The number of para-hydroxylation sites is 1. The van der Waals surface area contributed by atoms with Crippen molar-refractivity contribution in [1.82, 2.24) is 9.97 Å². The van der Waals surface area contributed by atoms with Gasteiger partial charge in [0.05, 0.1) is 5.52 Å². The molecule has 0 saturated heterocycles. The monoisotopic (exact) mass is 302 g/mol. The molecular formula is C16H22N4S. The quantitative estimate of drug-likeness (QED) is 0.880. The van der Waals surface area contributed by atoms with Crippen LogP contribution in [0.25, 0.3) is 10.9 Å². The van der Waals surface area contributed by atoms with Crippen LogP contribution in [0.4, 0.5) is 11.8 Å². The topological polar surface area (TPSA) is 49.8 Å². The summed E-state index contributed by atoms with van der Waals surface area (Å²) in [6.45, 7) is 0.971. The van der Waals surface area contributed by atoms with E-state index in [2.05, 4.69) is 32.9 Å². The molecule has 1 aliphatic carbocycles. The van der Waals surface area contributed by atoms with Crippen LogP contribution >= 0.6 is 11.8 Å². The van der Waals surface area contributed by atoms with E-state index in [0.29, 0.717) is 10.7 Å². The fourth-order valence-corrected chi connectivity index (χ4v) is 3.95. The molecule has 2 aromatic rings. The average Bonchev–Trinajstić information content (AvgIpc) is 3.02. The van der Waals surface area contributed by atoms with Crippen LogP contribution in [-0.4, -0.2) is 34.6 Å². The number of fused-ring (bicyclic) bond motifs is 1. The third-order valence-electron chi connectivity index (χ3n) is 4.35. The lowest BCUT2D eigenvalue weighted by atomic mass is 10.1. The maximum atomic E-state index is 4.60. The molecule has 1 saturated carbocycles. The predicted octanol–water partition coefficient (Wildman–Crippen LogP) is 3.76. The van der Waals surface area contributed by atoms with Crippen LogP contribution in [0.1, 0.15) is 25.7 Å². The molecule has 0 bridgehead atoms. The Morgan fingerprint density at radius 1 is 1.19 bits per heavy atom. The maximum Gasteiger partial charge on any atom is 0.224 e. The van der Waals surface area contributed by atoms with Gasteiger partial charge in [-0.15, -0.1) is 0 Å². The number of rotatable bonds is 5. The highest BCUT2D eigenvalue weighted by molar-refractivity contribution is 8.00. The molecule has 0 unspecified atom stereocenters. The molecule has 0 aliphatic heterocycles. The Morgan fingerprint density at radius 3 is 2.67 bits per heavy atom. The Hall–Kier alpha value is -1.49. The minimum absolute atomic E-state index is 0.367. The first kappa shape index (κ1) is 14.4. The molecular weight excluding hydrogens is 280 g/mol. The van der Waals surface area contributed by atoms with Gasteiger partial charge in [-0.05, 0) is 31.2 Å². The molecule has 3 rings (SSSR count). The van der Waals surface area contributed by atoms with Crippen LogP contribution in [-0.2, 0) is 0 Å². The molecule has 1 heterocycles. The smallest absolute Gasteiger partial charge is 0.224 e. The van der Waals surface area contributed by atoms with E-state index in [1.165, 1.54) is 25.7 Å². The Balaban J connectivity index is 1.89. The molecule has 0 radical (unpaired) electrons. The minimum Gasteiger partial charge on any atom is -0.368 e. The number of nitrogens with one attached hydrogen (secondary N) is 2. The van der Waals surface area contributed by atoms with Crippen LogP contribution in [0.2, 0.25) is 0 Å². The van der Waals surface area contributed by atoms with Gasteiger partial charge in [0.25, 0.3) is 0 Å². The van der Waals surface area contributed by atoms with E-state index < -0.39 is 0 Å². The van der Waals surface area contributed by atoms with E-state index in [-0.39, 0.29) is 0 Å². The number of benzene rings is 1. The van der Waals surface area contributed by atoms with E-state index in [1.807, 2.05) is 37.0 Å². The van der Waals surface area contributed by atoms with E-state index in [1.54, 1.807) is 0 Å². The molecule has 1 fully saturated rings. The second-order valence-corrected chi connectivity index (χ2v) is 6.89. The fraction of sp³-hybridized carbons (Fsp3) is 0.500. The summed E-state index contributed by atoms with van der Waals surface area (Å²) in [5.41, 5.74) is 0.976. The molecule has 1 aliphatic rings. The fourth-order valence-electron chi connectivity index (χ4n) is 3.04. The Morgan fingerprint density at radius 2 is 1.95 bits per heavy atom. The summed E-state index contributed by atoms with van der Waals surface area (Å²) in [5, 5.41) is 7.72. The number of anilines is 2. The van der Waals surface area contributed by atoms with E-state index in [4.69, 9.17) is 0 Å². The van der Waals surface area contributed by atoms with Crippen molar-refractivity contribution in [2.24, 2.45) is 0 Å². The van der Waals surface area contributed by atoms with Gasteiger partial charge < -0.3 is 10.6 Å². The number of hydrogen-bond donors (Lipinski definition) is 2. The molecule has 1 aromatic heterocycles. The van der Waals surface area contributed by atoms with Gasteiger partial charge >= 0.3 is 0 Å². The molecule has 1 aromatic carbocycles. The Labute approximate surface area is 130 Å². The van der Waals surface area contributed by atoms with E-state index in [0.717, 1.165) is 23.3 Å². The van der Waals surface area contributed by atoms with Gasteiger partial charge in [0, 0.05) is 23.7 Å². The van der Waals surface area contributed by atoms with Crippen molar-refractivity contribution < 1.29 is 0 Å². The van der Waals surface area contributed by atoms with E-state index >= 15 is 0 Å². The molecule has 112 valence electrons. The Kier molecular flexibility index (Phi) is 4.19. The van der Waals surface area contributed by atoms with Crippen LogP contribution in [0.5, 0.6) is 0 Å². The van der Waals surface area contributed by atoms with Crippen molar-refractivity contribution >= 4 is 34.4 Å². The second-order valence-electron chi connectivity index (χ2n) is 5.61. The second kappa shape index (κ2) is 6.10. The first-order chi connectivity index (χ1) is 10.3. The molecule has 0 atom stereocenters. The average molecular weight is 302 g/mol. The minimum atomic E-state index is 0.367. The lowest BCUT2D eigenvalue weighted by Gasteiger charge is -2.27. The van der Waals surface area contributed by atoms with Crippen molar-refractivity contribution in [1.29, 1.82) is 0 Å². The standard InChI is InChI=1S/C16H22N4S/c1-17-15-19-13-8-4-3-7-12(13)14(20-15)18-11-16(21-2)9-5-6-10-16/h3-4,7-8H,5-6,9-11H2,1-2H3,(H2,17,18,19,20). The summed E-state index contributed by atoms with van der Waals surface area (Å²) < 4.78 is 0.367. The number of aromatic nitrogens is 2. The highest BCUT2D eigenvalue weighted by Gasteiger charge is 2.32. The lowest BCUT2D eigenvalue weighted by Crippen LogP contribution is -2.30. The first-order valence-electron chi connectivity index (χ1n) is 7.50. The SMILES string of the molecule is CNc1nc(NCC2(SC)CCCC2)c2ccccc2n1. The largest absolute Gasteiger partial charge is 0.368 e. The van der Waals surface area contributed by atoms with Gasteiger partial charge in [-0.2, -0.15) is 16.7 Å².